The zero-order chi connectivity index (χ0) is 36.3. The van der Waals surface area contributed by atoms with E-state index in [2.05, 4.69) is 211 Å². The highest BCUT2D eigenvalue weighted by atomic mass is 16.3. The summed E-state index contributed by atoms with van der Waals surface area (Å²) in [6, 6.07) is 77.0. The zero-order valence-electron chi connectivity index (χ0n) is 30.1. The molecule has 0 saturated heterocycles. The SMILES string of the molecule is c1ccc(C2(c3ccccc3)c3ccccc3-c3ccc(N(c4cccc(-c5ccc6ccccc6c5)c4)c4cccc5c4oc4ccccc45)cc32)cc1. The average molecular weight is 702 g/mol. The molecular weight excluding hydrogens is 667 g/mol. The molecule has 55 heavy (non-hydrogen) atoms. The molecule has 258 valence electrons. The molecule has 11 rings (SSSR count). The van der Waals surface area contributed by atoms with E-state index in [-0.39, 0.29) is 0 Å². The second kappa shape index (κ2) is 12.5. The topological polar surface area (TPSA) is 16.4 Å². The van der Waals surface area contributed by atoms with Gasteiger partial charge in [0.15, 0.2) is 5.58 Å². The van der Waals surface area contributed by atoms with Gasteiger partial charge in [0.2, 0.25) is 0 Å². The van der Waals surface area contributed by atoms with Crippen molar-refractivity contribution in [2.24, 2.45) is 0 Å². The maximum atomic E-state index is 6.75. The fourth-order valence-corrected chi connectivity index (χ4v) is 9.10. The molecule has 0 amide bonds. The maximum Gasteiger partial charge on any atom is 0.159 e. The average Bonchev–Trinajstić information content (AvgIpc) is 3.79. The summed E-state index contributed by atoms with van der Waals surface area (Å²) in [6.45, 7) is 0. The van der Waals surface area contributed by atoms with Crippen molar-refractivity contribution >= 4 is 49.8 Å². The Balaban J connectivity index is 1.19. The monoisotopic (exact) mass is 701 g/mol. The summed E-state index contributed by atoms with van der Waals surface area (Å²) >= 11 is 0. The number of benzene rings is 9. The minimum absolute atomic E-state index is 0.519. The van der Waals surface area contributed by atoms with Crippen LogP contribution in [0.2, 0.25) is 0 Å². The molecule has 0 bridgehead atoms. The second-order valence-electron chi connectivity index (χ2n) is 14.5. The van der Waals surface area contributed by atoms with E-state index in [1.165, 1.54) is 49.7 Å². The number of para-hydroxylation sites is 2. The van der Waals surface area contributed by atoms with Gasteiger partial charge in [0.1, 0.15) is 5.58 Å². The Morgan fingerprint density at radius 1 is 0.382 bits per heavy atom. The standard InChI is InChI=1S/C53H35NO/c1-3-18-40(19-4-1)53(41-20-5-2-6-21-41)48-26-11-9-23-44(48)45-32-31-43(35-49(45)53)54(50-27-14-25-47-46-24-10-12-28-51(46)55-52(47)50)42-22-13-17-38(34-42)39-30-29-36-15-7-8-16-37(36)33-39/h1-35H. The number of nitrogens with zero attached hydrogens (tertiary/aromatic N) is 1. The number of anilines is 3. The van der Waals surface area contributed by atoms with Crippen LogP contribution in [-0.4, -0.2) is 0 Å². The van der Waals surface area contributed by atoms with E-state index in [1.54, 1.807) is 0 Å². The van der Waals surface area contributed by atoms with Crippen LogP contribution in [0.4, 0.5) is 17.1 Å². The van der Waals surface area contributed by atoms with Crippen molar-refractivity contribution in [1.29, 1.82) is 0 Å². The van der Waals surface area contributed by atoms with Gasteiger partial charge in [0.05, 0.1) is 11.1 Å². The van der Waals surface area contributed by atoms with Gasteiger partial charge in [-0.3, -0.25) is 0 Å². The van der Waals surface area contributed by atoms with Crippen molar-refractivity contribution in [2.45, 2.75) is 5.41 Å². The number of rotatable bonds is 6. The summed E-state index contributed by atoms with van der Waals surface area (Å²) < 4.78 is 6.75. The molecular formula is C53H35NO. The van der Waals surface area contributed by atoms with Crippen molar-refractivity contribution in [2.75, 3.05) is 4.90 Å². The third kappa shape index (κ3) is 4.82. The molecule has 0 saturated carbocycles. The van der Waals surface area contributed by atoms with Crippen LogP contribution in [0.15, 0.2) is 217 Å². The third-order valence-electron chi connectivity index (χ3n) is 11.5. The predicted molar refractivity (Wildman–Crippen MR) is 229 cm³/mol. The van der Waals surface area contributed by atoms with E-state index in [9.17, 15) is 0 Å². The molecule has 0 radical (unpaired) electrons. The van der Waals surface area contributed by atoms with Gasteiger partial charge in [-0.2, -0.15) is 0 Å². The van der Waals surface area contributed by atoms with Crippen molar-refractivity contribution in [1.82, 2.24) is 0 Å². The Hall–Kier alpha value is -7.16. The van der Waals surface area contributed by atoms with Crippen molar-refractivity contribution in [3.63, 3.8) is 0 Å². The van der Waals surface area contributed by atoms with E-state index >= 15 is 0 Å². The number of fused-ring (bicyclic) bond motifs is 7. The van der Waals surface area contributed by atoms with Crippen LogP contribution in [0.1, 0.15) is 22.3 Å². The molecule has 9 aromatic carbocycles. The lowest BCUT2D eigenvalue weighted by Gasteiger charge is -2.35. The van der Waals surface area contributed by atoms with Crippen molar-refractivity contribution in [3.8, 4) is 22.3 Å². The van der Waals surface area contributed by atoms with E-state index in [4.69, 9.17) is 4.42 Å². The van der Waals surface area contributed by atoms with E-state index in [1.807, 2.05) is 6.07 Å². The summed E-state index contributed by atoms with van der Waals surface area (Å²) in [5, 5.41) is 4.67. The Morgan fingerprint density at radius 3 is 1.85 bits per heavy atom. The first-order valence-corrected chi connectivity index (χ1v) is 18.9. The van der Waals surface area contributed by atoms with Gasteiger partial charge in [-0.05, 0) is 97.7 Å². The lowest BCUT2D eigenvalue weighted by atomic mass is 9.67. The normalized spacial score (nSPS) is 12.9. The highest BCUT2D eigenvalue weighted by Gasteiger charge is 2.46. The first-order chi connectivity index (χ1) is 27.3. The summed E-state index contributed by atoms with van der Waals surface area (Å²) in [5.41, 5.74) is 14.2. The maximum absolute atomic E-state index is 6.75. The Morgan fingerprint density at radius 2 is 1.02 bits per heavy atom. The molecule has 0 N–H and O–H groups in total. The van der Waals surface area contributed by atoms with E-state index in [0.717, 1.165) is 44.6 Å². The minimum atomic E-state index is -0.519. The molecule has 1 aromatic heterocycles. The molecule has 0 aliphatic heterocycles. The Bertz CT molecular complexity index is 3010. The number of hydrogen-bond acceptors (Lipinski definition) is 2. The van der Waals surface area contributed by atoms with Crippen molar-refractivity contribution < 1.29 is 4.42 Å². The highest BCUT2D eigenvalue weighted by molar-refractivity contribution is 6.10. The van der Waals surface area contributed by atoms with Gasteiger partial charge in [-0.25, -0.2) is 0 Å². The summed E-state index contributed by atoms with van der Waals surface area (Å²) in [7, 11) is 0. The third-order valence-corrected chi connectivity index (χ3v) is 11.5. The minimum Gasteiger partial charge on any atom is -0.454 e. The van der Waals surface area contributed by atoms with Crippen molar-refractivity contribution in [3.05, 3.63) is 235 Å². The fraction of sp³-hybridized carbons (Fsp3) is 0.0189. The van der Waals surface area contributed by atoms with Gasteiger partial charge in [0, 0.05) is 22.1 Å². The molecule has 10 aromatic rings. The van der Waals surface area contributed by atoms with Crippen LogP contribution < -0.4 is 4.90 Å². The predicted octanol–water partition coefficient (Wildman–Crippen LogP) is 14.2. The lowest BCUT2D eigenvalue weighted by Crippen LogP contribution is -2.28. The summed E-state index contributed by atoms with van der Waals surface area (Å²) in [6.07, 6.45) is 0. The van der Waals surface area contributed by atoms with Gasteiger partial charge in [-0.1, -0.05) is 170 Å². The largest absolute Gasteiger partial charge is 0.454 e. The van der Waals surface area contributed by atoms with Gasteiger partial charge in [0.25, 0.3) is 0 Å². The zero-order valence-corrected chi connectivity index (χ0v) is 30.1. The molecule has 1 aliphatic rings. The van der Waals surface area contributed by atoms with Gasteiger partial charge < -0.3 is 9.32 Å². The molecule has 0 atom stereocenters. The quantitative estimate of drug-likeness (QED) is 0.172. The fourth-order valence-electron chi connectivity index (χ4n) is 9.10. The first-order valence-electron chi connectivity index (χ1n) is 18.9. The smallest absolute Gasteiger partial charge is 0.159 e. The van der Waals surface area contributed by atoms with Crippen LogP contribution >= 0.6 is 0 Å². The first kappa shape index (κ1) is 31.4. The number of hydrogen-bond donors (Lipinski definition) is 0. The molecule has 0 unspecified atom stereocenters. The van der Waals surface area contributed by atoms with Crippen LogP contribution in [0.25, 0.3) is 55.0 Å². The number of furan rings is 1. The highest BCUT2D eigenvalue weighted by Crippen LogP contribution is 2.57. The van der Waals surface area contributed by atoms with Crippen LogP contribution in [0.5, 0.6) is 0 Å². The molecule has 0 spiro atoms. The molecule has 1 aliphatic carbocycles. The molecule has 2 nitrogen and oxygen atoms in total. The van der Waals surface area contributed by atoms with E-state index < -0.39 is 5.41 Å². The Kier molecular flexibility index (Phi) is 7.11. The molecule has 0 fully saturated rings. The van der Waals surface area contributed by atoms with Crippen LogP contribution in [-0.2, 0) is 5.41 Å². The second-order valence-corrected chi connectivity index (χ2v) is 14.5. The molecule has 1 heterocycles. The molecule has 2 heteroatoms. The Labute approximate surface area is 320 Å². The van der Waals surface area contributed by atoms with Gasteiger partial charge in [-0.15, -0.1) is 0 Å². The van der Waals surface area contributed by atoms with Crippen LogP contribution in [0, 0.1) is 0 Å². The van der Waals surface area contributed by atoms with Gasteiger partial charge >= 0.3 is 0 Å². The summed E-state index contributed by atoms with van der Waals surface area (Å²) in [4.78, 5) is 2.39. The van der Waals surface area contributed by atoms with Crippen LogP contribution in [0.3, 0.4) is 0 Å². The lowest BCUT2D eigenvalue weighted by molar-refractivity contribution is 0.669. The van der Waals surface area contributed by atoms with E-state index in [0.29, 0.717) is 0 Å². The summed E-state index contributed by atoms with van der Waals surface area (Å²) in [5.74, 6) is 0.